The lowest BCUT2D eigenvalue weighted by atomic mass is 10.0. The highest BCUT2D eigenvalue weighted by Gasteiger charge is 2.25. The number of carbonyl (C=O) groups excluding carboxylic acids is 1. The van der Waals surface area contributed by atoms with Crippen molar-refractivity contribution in [3.05, 3.63) is 59.0 Å². The maximum absolute atomic E-state index is 12.8. The topological polar surface area (TPSA) is 68.8 Å². The van der Waals surface area contributed by atoms with Crippen molar-refractivity contribution in [3.8, 4) is 22.6 Å². The Morgan fingerprint density at radius 3 is 2.39 bits per heavy atom. The summed E-state index contributed by atoms with van der Waals surface area (Å²) in [7, 11) is 3.15. The van der Waals surface area contributed by atoms with Gasteiger partial charge in [0.25, 0.3) is 0 Å². The van der Waals surface area contributed by atoms with Crippen LogP contribution in [0.5, 0.6) is 11.5 Å². The van der Waals surface area contributed by atoms with Gasteiger partial charge in [0.1, 0.15) is 10.6 Å². The molecule has 3 aromatic rings. The van der Waals surface area contributed by atoms with E-state index in [9.17, 15) is 4.79 Å². The van der Waals surface area contributed by atoms with Gasteiger partial charge >= 0.3 is 5.97 Å². The largest absolute Gasteiger partial charge is 0.493 e. The second-order valence-corrected chi connectivity index (χ2v) is 8.11. The Hall–Kier alpha value is -3.10. The van der Waals surface area contributed by atoms with Gasteiger partial charge < -0.3 is 24.8 Å². The van der Waals surface area contributed by atoms with Crippen LogP contribution in [-0.4, -0.2) is 31.9 Å². The van der Waals surface area contributed by atoms with Gasteiger partial charge in [0.2, 0.25) is 0 Å². The fourth-order valence-corrected chi connectivity index (χ4v) is 4.52. The Morgan fingerprint density at radius 2 is 1.74 bits per heavy atom. The van der Waals surface area contributed by atoms with E-state index in [4.69, 9.17) is 26.4 Å². The van der Waals surface area contributed by atoms with E-state index in [2.05, 4.69) is 10.6 Å². The van der Waals surface area contributed by atoms with Gasteiger partial charge in [-0.2, -0.15) is 0 Å². The van der Waals surface area contributed by atoms with Crippen LogP contribution in [0.2, 0.25) is 0 Å². The molecule has 0 atom stereocenters. The number of hydrogen-bond acceptors (Lipinski definition) is 6. The molecule has 0 saturated heterocycles. The zero-order chi connectivity index (χ0) is 22.4. The molecule has 8 heteroatoms. The molecule has 0 aliphatic carbocycles. The Labute approximate surface area is 191 Å². The number of aryl methyl sites for hydroxylation is 1. The molecule has 0 amide bonds. The first-order chi connectivity index (χ1) is 15.0. The first kappa shape index (κ1) is 22.6. The zero-order valence-corrected chi connectivity index (χ0v) is 19.4. The van der Waals surface area contributed by atoms with Gasteiger partial charge in [-0.15, -0.1) is 11.3 Å². The summed E-state index contributed by atoms with van der Waals surface area (Å²) >= 11 is 6.96. The van der Waals surface area contributed by atoms with Crippen LogP contribution in [0.15, 0.2) is 48.5 Å². The fraction of sp³-hybridized carbons (Fsp3) is 0.217. The molecule has 162 valence electrons. The van der Waals surface area contributed by atoms with Gasteiger partial charge in [0.05, 0.1) is 20.8 Å². The van der Waals surface area contributed by atoms with Gasteiger partial charge in [0.15, 0.2) is 16.6 Å². The number of benzene rings is 2. The zero-order valence-electron chi connectivity index (χ0n) is 17.8. The minimum absolute atomic E-state index is 0.287. The van der Waals surface area contributed by atoms with E-state index in [0.717, 1.165) is 21.7 Å². The predicted octanol–water partition coefficient (Wildman–Crippen LogP) is 5.73. The summed E-state index contributed by atoms with van der Waals surface area (Å²) in [6, 6.07) is 15.2. The van der Waals surface area contributed by atoms with Crippen molar-refractivity contribution in [1.82, 2.24) is 0 Å². The van der Waals surface area contributed by atoms with Crippen molar-refractivity contribution >= 4 is 45.3 Å². The molecule has 3 rings (SSSR count). The summed E-state index contributed by atoms with van der Waals surface area (Å²) in [5, 5.41) is 7.26. The van der Waals surface area contributed by atoms with Crippen LogP contribution < -0.4 is 20.1 Å². The lowest BCUT2D eigenvalue weighted by Crippen LogP contribution is -2.20. The predicted molar refractivity (Wildman–Crippen MR) is 130 cm³/mol. The molecule has 0 saturated carbocycles. The number of esters is 1. The molecule has 0 spiro atoms. The number of nitrogens with one attached hydrogen (secondary N) is 2. The van der Waals surface area contributed by atoms with E-state index in [1.807, 2.05) is 43.3 Å². The SMILES string of the molecule is CCOC(=O)c1c(NC(=S)Nc2ccc(OC)c(OC)c2)sc(C)c1-c1ccccc1. The van der Waals surface area contributed by atoms with Crippen molar-refractivity contribution in [3.63, 3.8) is 0 Å². The Kier molecular flexibility index (Phi) is 7.49. The third-order valence-corrected chi connectivity index (χ3v) is 5.72. The number of rotatable bonds is 7. The van der Waals surface area contributed by atoms with Crippen LogP contribution in [0.25, 0.3) is 11.1 Å². The minimum atomic E-state index is -0.387. The van der Waals surface area contributed by atoms with Crippen LogP contribution in [0, 0.1) is 6.92 Å². The summed E-state index contributed by atoms with van der Waals surface area (Å²) in [5.41, 5.74) is 3.00. The number of hydrogen-bond donors (Lipinski definition) is 2. The Morgan fingerprint density at radius 1 is 1.03 bits per heavy atom. The van der Waals surface area contributed by atoms with Gasteiger partial charge in [-0.1, -0.05) is 30.3 Å². The normalized spacial score (nSPS) is 10.3. The van der Waals surface area contributed by atoms with E-state index in [-0.39, 0.29) is 12.6 Å². The fourth-order valence-electron chi connectivity index (χ4n) is 3.16. The van der Waals surface area contributed by atoms with Gasteiger partial charge in [-0.05, 0) is 43.8 Å². The summed E-state index contributed by atoms with van der Waals surface area (Å²) in [6.45, 7) is 4.05. The highest BCUT2D eigenvalue weighted by atomic mass is 32.1. The third kappa shape index (κ3) is 5.15. The van der Waals surface area contributed by atoms with Gasteiger partial charge in [0, 0.05) is 22.2 Å². The van der Waals surface area contributed by atoms with E-state index in [1.165, 1.54) is 11.3 Å². The van der Waals surface area contributed by atoms with Crippen LogP contribution in [0.1, 0.15) is 22.2 Å². The van der Waals surface area contributed by atoms with E-state index >= 15 is 0 Å². The maximum Gasteiger partial charge on any atom is 0.341 e. The van der Waals surface area contributed by atoms with Gasteiger partial charge in [-0.25, -0.2) is 4.79 Å². The minimum Gasteiger partial charge on any atom is -0.493 e. The molecule has 0 bridgehead atoms. The van der Waals surface area contributed by atoms with Gasteiger partial charge in [-0.3, -0.25) is 0 Å². The number of thiocarbonyl (C=S) groups is 1. The average molecular weight is 457 g/mol. The second kappa shape index (κ2) is 10.3. The number of carbonyl (C=O) groups is 1. The molecule has 1 aromatic heterocycles. The van der Waals surface area contributed by atoms with Crippen LogP contribution in [0.3, 0.4) is 0 Å². The molecule has 0 aliphatic rings. The quantitative estimate of drug-likeness (QED) is 0.348. The Bertz CT molecular complexity index is 1080. The lowest BCUT2D eigenvalue weighted by molar-refractivity contribution is 0.0529. The van der Waals surface area contributed by atoms with Crippen LogP contribution >= 0.6 is 23.6 Å². The van der Waals surface area contributed by atoms with E-state index in [0.29, 0.717) is 27.2 Å². The average Bonchev–Trinajstić information content (AvgIpc) is 3.09. The third-order valence-electron chi connectivity index (χ3n) is 4.49. The second-order valence-electron chi connectivity index (χ2n) is 6.47. The number of anilines is 2. The summed E-state index contributed by atoms with van der Waals surface area (Å²) in [5.74, 6) is 0.820. The number of thiophene rings is 1. The summed E-state index contributed by atoms with van der Waals surface area (Å²) < 4.78 is 15.9. The highest BCUT2D eigenvalue weighted by molar-refractivity contribution is 7.80. The van der Waals surface area contributed by atoms with Crippen molar-refractivity contribution in [2.45, 2.75) is 13.8 Å². The number of methoxy groups -OCH3 is 2. The van der Waals surface area contributed by atoms with Crippen molar-refractivity contribution in [2.24, 2.45) is 0 Å². The van der Waals surface area contributed by atoms with E-state index < -0.39 is 0 Å². The van der Waals surface area contributed by atoms with Crippen LogP contribution in [0.4, 0.5) is 10.7 Å². The van der Waals surface area contributed by atoms with E-state index in [1.54, 1.807) is 33.3 Å². The molecule has 0 fully saturated rings. The lowest BCUT2D eigenvalue weighted by Gasteiger charge is -2.13. The van der Waals surface area contributed by atoms with Crippen LogP contribution in [-0.2, 0) is 4.74 Å². The molecule has 0 aliphatic heterocycles. The molecule has 31 heavy (non-hydrogen) atoms. The summed E-state index contributed by atoms with van der Waals surface area (Å²) in [4.78, 5) is 13.8. The first-order valence-electron chi connectivity index (χ1n) is 9.64. The number of ether oxygens (including phenoxy) is 3. The molecule has 0 radical (unpaired) electrons. The van der Waals surface area contributed by atoms with Crippen molar-refractivity contribution < 1.29 is 19.0 Å². The van der Waals surface area contributed by atoms with Crippen molar-refractivity contribution in [1.29, 1.82) is 0 Å². The molecule has 6 nitrogen and oxygen atoms in total. The van der Waals surface area contributed by atoms with Crippen molar-refractivity contribution in [2.75, 3.05) is 31.5 Å². The molecular weight excluding hydrogens is 432 g/mol. The molecule has 2 N–H and O–H groups in total. The molecule has 1 heterocycles. The standard InChI is InChI=1S/C23H24N2O4S2/c1-5-29-22(26)20-19(15-9-7-6-8-10-15)14(2)31-21(20)25-23(30)24-16-11-12-17(27-3)18(13-16)28-4/h6-13H,5H2,1-4H3,(H2,24,25,30). The first-order valence-corrected chi connectivity index (χ1v) is 10.9. The molecular formula is C23H24N2O4S2. The monoisotopic (exact) mass is 456 g/mol. The molecule has 2 aromatic carbocycles. The maximum atomic E-state index is 12.8. The molecule has 0 unspecified atom stereocenters. The highest BCUT2D eigenvalue weighted by Crippen LogP contribution is 2.40. The Balaban J connectivity index is 1.90. The smallest absolute Gasteiger partial charge is 0.341 e. The summed E-state index contributed by atoms with van der Waals surface area (Å²) in [6.07, 6.45) is 0.